The van der Waals surface area contributed by atoms with Gasteiger partial charge in [0.05, 0.1) is 12.2 Å². The van der Waals surface area contributed by atoms with E-state index in [0.29, 0.717) is 11.3 Å². The molecule has 0 bridgehead atoms. The Morgan fingerprint density at radius 2 is 2.05 bits per heavy atom. The van der Waals surface area contributed by atoms with Gasteiger partial charge in [-0.2, -0.15) is 13.2 Å². The van der Waals surface area contributed by atoms with E-state index in [1.54, 1.807) is 0 Å². The highest BCUT2D eigenvalue weighted by molar-refractivity contribution is 7.11. The molecule has 4 nitrogen and oxygen atoms in total. The maximum atomic E-state index is 13.6. The number of aromatic nitrogens is 2. The van der Waals surface area contributed by atoms with Crippen LogP contribution >= 0.6 is 11.3 Å². The molecule has 1 atom stereocenters. The molecule has 2 rings (SSSR count). The van der Waals surface area contributed by atoms with Crippen molar-refractivity contribution in [2.45, 2.75) is 12.2 Å². The molecule has 0 aromatic carbocycles. The molecule has 0 aliphatic heterocycles. The third kappa shape index (κ3) is 2.88. The lowest BCUT2D eigenvalue weighted by Crippen LogP contribution is -2.29. The fourth-order valence-electron chi connectivity index (χ4n) is 1.50. The Morgan fingerprint density at radius 3 is 2.58 bits per heavy atom. The van der Waals surface area contributed by atoms with E-state index in [-0.39, 0.29) is 10.4 Å². The molecule has 3 N–H and O–H groups in total. The number of hydrogen-bond acceptors (Lipinski definition) is 5. The third-order valence-electron chi connectivity index (χ3n) is 2.33. The van der Waals surface area contributed by atoms with Gasteiger partial charge >= 0.3 is 6.18 Å². The quantitative estimate of drug-likeness (QED) is 0.517. The average Bonchev–Trinajstić information content (AvgIpc) is 2.82. The summed E-state index contributed by atoms with van der Waals surface area (Å²) in [6, 6.07) is 0.434. The Balaban J connectivity index is 2.38. The Bertz CT molecular complexity index is 569. The number of halogens is 4. The van der Waals surface area contributed by atoms with Gasteiger partial charge < -0.3 is 0 Å². The number of hydrogen-bond donors (Lipinski definition) is 2. The molecule has 102 valence electrons. The van der Waals surface area contributed by atoms with Crippen molar-refractivity contribution in [1.29, 1.82) is 0 Å². The van der Waals surface area contributed by atoms with E-state index in [4.69, 9.17) is 5.84 Å². The van der Waals surface area contributed by atoms with Gasteiger partial charge in [-0.3, -0.25) is 10.8 Å². The minimum atomic E-state index is -4.53. The topological polar surface area (TPSA) is 63.8 Å². The summed E-state index contributed by atoms with van der Waals surface area (Å²) in [4.78, 5) is 7.00. The molecule has 0 radical (unpaired) electrons. The predicted octanol–water partition coefficient (Wildman–Crippen LogP) is 2.25. The summed E-state index contributed by atoms with van der Waals surface area (Å²) in [7, 11) is 0. The second kappa shape index (κ2) is 5.19. The summed E-state index contributed by atoms with van der Waals surface area (Å²) in [5, 5.41) is -1.00. The van der Waals surface area contributed by atoms with Crippen molar-refractivity contribution in [1.82, 2.24) is 15.4 Å². The van der Waals surface area contributed by atoms with Gasteiger partial charge in [0, 0.05) is 22.8 Å². The van der Waals surface area contributed by atoms with Crippen molar-refractivity contribution >= 4 is 11.3 Å². The van der Waals surface area contributed by atoms with Gasteiger partial charge in [0.2, 0.25) is 0 Å². The van der Waals surface area contributed by atoms with Gasteiger partial charge in [-0.25, -0.2) is 14.8 Å². The Labute approximate surface area is 109 Å². The summed E-state index contributed by atoms with van der Waals surface area (Å²) in [5.74, 6) is 4.62. The number of nitrogens with two attached hydrogens (primary N) is 1. The zero-order chi connectivity index (χ0) is 14.0. The van der Waals surface area contributed by atoms with Crippen LogP contribution in [0.5, 0.6) is 0 Å². The summed E-state index contributed by atoms with van der Waals surface area (Å²) in [6.07, 6.45) is -1.21. The first kappa shape index (κ1) is 13.8. The van der Waals surface area contributed by atoms with Crippen molar-refractivity contribution in [2.75, 3.05) is 0 Å². The van der Waals surface area contributed by atoms with Crippen molar-refractivity contribution in [3.63, 3.8) is 0 Å². The summed E-state index contributed by atoms with van der Waals surface area (Å²) in [6.45, 7) is 0. The van der Waals surface area contributed by atoms with Gasteiger partial charge in [0.15, 0.2) is 5.01 Å². The number of thiazole rings is 1. The molecular formula is C10H8F4N4S. The highest BCUT2D eigenvalue weighted by Crippen LogP contribution is 2.36. The van der Waals surface area contributed by atoms with Crippen LogP contribution in [0.3, 0.4) is 0 Å². The summed E-state index contributed by atoms with van der Waals surface area (Å²) >= 11 is 0.410. The minimum Gasteiger partial charge on any atom is -0.271 e. The Morgan fingerprint density at radius 1 is 1.32 bits per heavy atom. The van der Waals surface area contributed by atoms with Gasteiger partial charge in [0.1, 0.15) is 5.82 Å². The Hall–Kier alpha value is -1.58. The van der Waals surface area contributed by atoms with Gasteiger partial charge in [-0.15, -0.1) is 11.3 Å². The fourth-order valence-corrected chi connectivity index (χ4v) is 2.36. The molecule has 2 heterocycles. The lowest BCUT2D eigenvalue weighted by molar-refractivity contribution is -0.137. The third-order valence-corrected chi connectivity index (χ3v) is 3.44. The number of rotatable bonds is 3. The van der Waals surface area contributed by atoms with Crippen LogP contribution in [0.15, 0.2) is 24.7 Å². The zero-order valence-electron chi connectivity index (χ0n) is 9.28. The lowest BCUT2D eigenvalue weighted by atomic mass is 10.1. The second-order valence-corrected chi connectivity index (χ2v) is 4.62. The first-order chi connectivity index (χ1) is 8.93. The first-order valence-corrected chi connectivity index (χ1v) is 5.83. The normalized spacial score (nSPS) is 13.5. The SMILES string of the molecule is NNC(c1cnc(C(F)(F)F)s1)c1ccncc1F. The van der Waals surface area contributed by atoms with Crippen LogP contribution in [-0.4, -0.2) is 9.97 Å². The highest BCUT2D eigenvalue weighted by Gasteiger charge is 2.35. The number of nitrogens with one attached hydrogen (secondary N) is 1. The van der Waals surface area contributed by atoms with E-state index in [1.165, 1.54) is 12.3 Å². The molecule has 1 unspecified atom stereocenters. The van der Waals surface area contributed by atoms with Crippen LogP contribution in [0.1, 0.15) is 21.5 Å². The van der Waals surface area contributed by atoms with Crippen LogP contribution in [0.4, 0.5) is 17.6 Å². The zero-order valence-corrected chi connectivity index (χ0v) is 10.1. The average molecular weight is 292 g/mol. The summed E-state index contributed by atoms with van der Waals surface area (Å²) < 4.78 is 50.9. The standard InChI is InChI=1S/C10H8F4N4S/c11-6-3-16-2-1-5(6)8(18-15)7-4-17-9(19-7)10(12,13)14/h1-4,8,18H,15H2. The van der Waals surface area contributed by atoms with E-state index >= 15 is 0 Å². The molecule has 0 aliphatic carbocycles. The first-order valence-electron chi connectivity index (χ1n) is 5.02. The van der Waals surface area contributed by atoms with Crippen LogP contribution in [0, 0.1) is 5.82 Å². The number of nitrogens with zero attached hydrogens (tertiary/aromatic N) is 2. The highest BCUT2D eigenvalue weighted by atomic mass is 32.1. The molecular weight excluding hydrogens is 284 g/mol. The monoisotopic (exact) mass is 292 g/mol. The molecule has 0 fully saturated rings. The molecule has 19 heavy (non-hydrogen) atoms. The maximum Gasteiger partial charge on any atom is 0.443 e. The molecule has 0 spiro atoms. The largest absolute Gasteiger partial charge is 0.443 e. The Kier molecular flexibility index (Phi) is 3.78. The van der Waals surface area contributed by atoms with Gasteiger partial charge in [0.25, 0.3) is 0 Å². The molecule has 0 aliphatic rings. The molecule has 2 aromatic rings. The van der Waals surface area contributed by atoms with Gasteiger partial charge in [-0.05, 0) is 6.07 Å². The number of alkyl halides is 3. The van der Waals surface area contributed by atoms with Crippen LogP contribution in [0.25, 0.3) is 0 Å². The number of pyridine rings is 1. The molecule has 0 saturated heterocycles. The van der Waals surface area contributed by atoms with E-state index in [0.717, 1.165) is 12.4 Å². The van der Waals surface area contributed by atoms with Crippen LogP contribution in [-0.2, 0) is 6.18 Å². The predicted molar refractivity (Wildman–Crippen MR) is 60.5 cm³/mol. The van der Waals surface area contributed by atoms with E-state index in [2.05, 4.69) is 15.4 Å². The number of hydrazine groups is 1. The maximum absolute atomic E-state index is 13.6. The molecule has 2 aromatic heterocycles. The van der Waals surface area contributed by atoms with E-state index in [9.17, 15) is 17.6 Å². The van der Waals surface area contributed by atoms with Gasteiger partial charge in [-0.1, -0.05) is 0 Å². The van der Waals surface area contributed by atoms with E-state index < -0.39 is 23.0 Å². The van der Waals surface area contributed by atoms with Crippen LogP contribution < -0.4 is 11.3 Å². The van der Waals surface area contributed by atoms with Crippen LogP contribution in [0.2, 0.25) is 0 Å². The second-order valence-electron chi connectivity index (χ2n) is 3.56. The molecule has 0 saturated carbocycles. The smallest absolute Gasteiger partial charge is 0.271 e. The molecule has 9 heteroatoms. The van der Waals surface area contributed by atoms with Crippen molar-refractivity contribution in [3.05, 3.63) is 45.9 Å². The lowest BCUT2D eigenvalue weighted by Gasteiger charge is -2.14. The minimum absolute atomic E-state index is 0.106. The van der Waals surface area contributed by atoms with E-state index in [1.807, 2.05) is 0 Å². The van der Waals surface area contributed by atoms with Crippen molar-refractivity contribution in [3.8, 4) is 0 Å². The fraction of sp³-hybridized carbons (Fsp3) is 0.200. The van der Waals surface area contributed by atoms with Crippen molar-refractivity contribution in [2.24, 2.45) is 5.84 Å². The summed E-state index contributed by atoms with van der Waals surface area (Å²) in [5.41, 5.74) is 2.38. The van der Waals surface area contributed by atoms with Crippen molar-refractivity contribution < 1.29 is 17.6 Å². The molecule has 0 amide bonds.